The second-order valence-corrected chi connectivity index (χ2v) is 4.64. The van der Waals surface area contributed by atoms with Crippen LogP contribution in [0.1, 0.15) is 32.9 Å². The predicted molar refractivity (Wildman–Crippen MR) is 78.2 cm³/mol. The van der Waals surface area contributed by atoms with E-state index in [0.717, 1.165) is 44.2 Å². The van der Waals surface area contributed by atoms with Gasteiger partial charge < -0.3 is 10.1 Å². The van der Waals surface area contributed by atoms with E-state index in [4.69, 9.17) is 4.74 Å². The van der Waals surface area contributed by atoms with Crippen molar-refractivity contribution in [2.45, 2.75) is 39.8 Å². The van der Waals surface area contributed by atoms with Gasteiger partial charge in [0.1, 0.15) is 5.82 Å². The van der Waals surface area contributed by atoms with E-state index in [1.807, 2.05) is 13.1 Å². The Balaban J connectivity index is 2.61. The molecule has 1 aromatic rings. The van der Waals surface area contributed by atoms with Gasteiger partial charge >= 0.3 is 0 Å². The predicted octanol–water partition coefficient (Wildman–Crippen LogP) is 2.16. The largest absolute Gasteiger partial charge is 0.383 e. The lowest BCUT2D eigenvalue weighted by Gasteiger charge is -2.27. The maximum absolute atomic E-state index is 5.17. The Morgan fingerprint density at radius 3 is 2.63 bits per heavy atom. The quantitative estimate of drug-likeness (QED) is 0.742. The minimum Gasteiger partial charge on any atom is -0.383 e. The highest BCUT2D eigenvalue weighted by Gasteiger charge is 2.13. The first-order valence-electron chi connectivity index (χ1n) is 6.99. The van der Waals surface area contributed by atoms with Crippen LogP contribution in [0.15, 0.2) is 12.4 Å². The highest BCUT2D eigenvalue weighted by molar-refractivity contribution is 5.30. The zero-order valence-electron chi connectivity index (χ0n) is 12.5. The Hall–Kier alpha value is -1.20. The van der Waals surface area contributed by atoms with Crippen molar-refractivity contribution >= 4 is 5.82 Å². The topological polar surface area (TPSA) is 50.3 Å². The fourth-order valence-electron chi connectivity index (χ4n) is 1.84. The Kier molecular flexibility index (Phi) is 7.36. The van der Waals surface area contributed by atoms with Gasteiger partial charge in [-0.15, -0.1) is 0 Å². The van der Waals surface area contributed by atoms with Crippen LogP contribution in [0.25, 0.3) is 0 Å². The van der Waals surface area contributed by atoms with Crippen molar-refractivity contribution in [1.82, 2.24) is 14.9 Å². The van der Waals surface area contributed by atoms with Crippen molar-refractivity contribution in [2.75, 3.05) is 32.1 Å². The summed E-state index contributed by atoms with van der Waals surface area (Å²) < 4.78 is 5.17. The average molecular weight is 266 g/mol. The zero-order valence-corrected chi connectivity index (χ0v) is 12.5. The standard InChI is InChI=1S/C14H26N4O/c1-5-12(3)18(7-8-19-4)11-13-9-17-14(10-16-13)15-6-2/h9-10,12H,5-8,11H2,1-4H3,(H,15,17). The van der Waals surface area contributed by atoms with Crippen molar-refractivity contribution in [1.29, 1.82) is 0 Å². The van der Waals surface area contributed by atoms with Gasteiger partial charge in [-0.1, -0.05) is 6.92 Å². The molecule has 1 rings (SSSR count). The minimum atomic E-state index is 0.519. The molecule has 0 saturated heterocycles. The molecule has 1 heterocycles. The third-order valence-electron chi connectivity index (χ3n) is 3.23. The van der Waals surface area contributed by atoms with Crippen LogP contribution in [0, 0.1) is 0 Å². The number of methoxy groups -OCH3 is 1. The van der Waals surface area contributed by atoms with Gasteiger partial charge in [-0.05, 0) is 20.3 Å². The van der Waals surface area contributed by atoms with Gasteiger partial charge in [-0.2, -0.15) is 0 Å². The second kappa shape index (κ2) is 8.82. The summed E-state index contributed by atoms with van der Waals surface area (Å²) in [7, 11) is 1.74. The number of aromatic nitrogens is 2. The molecule has 0 amide bonds. The molecule has 0 fully saturated rings. The first-order valence-corrected chi connectivity index (χ1v) is 6.99. The summed E-state index contributed by atoms with van der Waals surface area (Å²) in [5.74, 6) is 0.832. The van der Waals surface area contributed by atoms with Crippen LogP contribution in [0.2, 0.25) is 0 Å². The Bertz CT molecular complexity index is 342. The van der Waals surface area contributed by atoms with E-state index < -0.39 is 0 Å². The lowest BCUT2D eigenvalue weighted by atomic mass is 10.2. The summed E-state index contributed by atoms with van der Waals surface area (Å²) in [4.78, 5) is 11.2. The summed E-state index contributed by atoms with van der Waals surface area (Å²) in [6.07, 6.45) is 4.76. The molecule has 0 aliphatic heterocycles. The van der Waals surface area contributed by atoms with Crippen molar-refractivity contribution in [3.63, 3.8) is 0 Å². The van der Waals surface area contributed by atoms with Crippen LogP contribution in [-0.2, 0) is 11.3 Å². The first-order chi connectivity index (χ1) is 9.21. The van der Waals surface area contributed by atoms with Gasteiger partial charge in [-0.25, -0.2) is 4.98 Å². The summed E-state index contributed by atoms with van der Waals surface area (Å²) in [5.41, 5.74) is 0.998. The normalized spacial score (nSPS) is 12.7. The molecule has 1 N–H and O–H groups in total. The van der Waals surface area contributed by atoms with Gasteiger partial charge in [-0.3, -0.25) is 9.88 Å². The molecule has 5 heteroatoms. The molecule has 1 atom stereocenters. The smallest absolute Gasteiger partial charge is 0.144 e. The third-order valence-corrected chi connectivity index (χ3v) is 3.23. The maximum atomic E-state index is 5.17. The van der Waals surface area contributed by atoms with Crippen LogP contribution in [-0.4, -0.2) is 47.7 Å². The van der Waals surface area contributed by atoms with Crippen LogP contribution >= 0.6 is 0 Å². The minimum absolute atomic E-state index is 0.519. The van der Waals surface area contributed by atoms with Crippen molar-refractivity contribution in [2.24, 2.45) is 0 Å². The van der Waals surface area contributed by atoms with Gasteiger partial charge in [0.25, 0.3) is 0 Å². The molecule has 0 aromatic carbocycles. The molecule has 0 radical (unpaired) electrons. The molecule has 1 aromatic heterocycles. The summed E-state index contributed by atoms with van der Waals surface area (Å²) in [6, 6.07) is 0.519. The van der Waals surface area contributed by atoms with Gasteiger partial charge in [0, 0.05) is 32.8 Å². The number of anilines is 1. The van der Waals surface area contributed by atoms with Crippen molar-refractivity contribution in [3.05, 3.63) is 18.1 Å². The van der Waals surface area contributed by atoms with E-state index in [1.165, 1.54) is 0 Å². The fraction of sp³-hybridized carbons (Fsp3) is 0.714. The van der Waals surface area contributed by atoms with Crippen LogP contribution in [0.3, 0.4) is 0 Å². The van der Waals surface area contributed by atoms with E-state index >= 15 is 0 Å². The summed E-state index contributed by atoms with van der Waals surface area (Å²) in [5, 5.41) is 3.15. The SMILES string of the molecule is CCNc1cnc(CN(CCOC)C(C)CC)cn1. The Morgan fingerprint density at radius 2 is 2.11 bits per heavy atom. The second-order valence-electron chi connectivity index (χ2n) is 4.64. The molecule has 1 unspecified atom stereocenters. The number of nitrogens with one attached hydrogen (secondary N) is 1. The highest BCUT2D eigenvalue weighted by Crippen LogP contribution is 2.09. The number of rotatable bonds is 9. The lowest BCUT2D eigenvalue weighted by molar-refractivity contribution is 0.117. The Morgan fingerprint density at radius 1 is 1.32 bits per heavy atom. The van der Waals surface area contributed by atoms with E-state index in [9.17, 15) is 0 Å². The molecular formula is C14H26N4O. The number of hydrogen-bond donors (Lipinski definition) is 1. The number of nitrogens with zero attached hydrogens (tertiary/aromatic N) is 3. The zero-order chi connectivity index (χ0) is 14.1. The molecule has 0 aliphatic carbocycles. The highest BCUT2D eigenvalue weighted by atomic mass is 16.5. The van der Waals surface area contributed by atoms with E-state index in [-0.39, 0.29) is 0 Å². The fourth-order valence-corrected chi connectivity index (χ4v) is 1.84. The molecule has 0 spiro atoms. The molecular weight excluding hydrogens is 240 g/mol. The van der Waals surface area contributed by atoms with Gasteiger partial charge in [0.05, 0.1) is 24.7 Å². The van der Waals surface area contributed by atoms with Crippen molar-refractivity contribution in [3.8, 4) is 0 Å². The molecule has 108 valence electrons. The molecule has 0 saturated carbocycles. The summed E-state index contributed by atoms with van der Waals surface area (Å²) >= 11 is 0. The molecule has 19 heavy (non-hydrogen) atoms. The molecule has 0 aliphatic rings. The van der Waals surface area contributed by atoms with E-state index in [2.05, 4.69) is 34.0 Å². The number of hydrogen-bond acceptors (Lipinski definition) is 5. The van der Waals surface area contributed by atoms with E-state index in [1.54, 1.807) is 13.3 Å². The lowest BCUT2D eigenvalue weighted by Crippen LogP contribution is -2.35. The first kappa shape index (κ1) is 15.9. The monoisotopic (exact) mass is 266 g/mol. The van der Waals surface area contributed by atoms with Gasteiger partial charge in [0.15, 0.2) is 0 Å². The van der Waals surface area contributed by atoms with Crippen molar-refractivity contribution < 1.29 is 4.74 Å². The molecule has 5 nitrogen and oxygen atoms in total. The number of ether oxygens (including phenoxy) is 1. The Labute approximate surface area is 116 Å². The average Bonchev–Trinajstić information content (AvgIpc) is 2.44. The summed E-state index contributed by atoms with van der Waals surface area (Å²) in [6.45, 7) is 9.82. The van der Waals surface area contributed by atoms with Crippen LogP contribution in [0.4, 0.5) is 5.82 Å². The van der Waals surface area contributed by atoms with Gasteiger partial charge in [0.2, 0.25) is 0 Å². The van der Waals surface area contributed by atoms with E-state index in [0.29, 0.717) is 6.04 Å². The maximum Gasteiger partial charge on any atom is 0.144 e. The molecule has 0 bridgehead atoms. The van der Waals surface area contributed by atoms with Crippen LogP contribution < -0.4 is 5.32 Å². The van der Waals surface area contributed by atoms with Crippen LogP contribution in [0.5, 0.6) is 0 Å². The third kappa shape index (κ3) is 5.53.